The summed E-state index contributed by atoms with van der Waals surface area (Å²) in [4.78, 5) is 12.1. The minimum atomic E-state index is -3.43. The van der Waals surface area contributed by atoms with Crippen LogP contribution in [0.5, 0.6) is 0 Å². The largest absolute Gasteiger partial charge is 0.459 e. The monoisotopic (exact) mass is 350 g/mol. The molecule has 0 aliphatic heterocycles. The summed E-state index contributed by atoms with van der Waals surface area (Å²) < 4.78 is 31.9. The van der Waals surface area contributed by atoms with Gasteiger partial charge >= 0.3 is 0 Å². The van der Waals surface area contributed by atoms with Crippen LogP contribution in [-0.2, 0) is 22.3 Å². The van der Waals surface area contributed by atoms with Crippen LogP contribution >= 0.6 is 0 Å². The summed E-state index contributed by atoms with van der Waals surface area (Å²) in [5, 5.41) is 2.76. The summed E-state index contributed by atoms with van der Waals surface area (Å²) in [6, 6.07) is 8.69. The Labute approximate surface area is 142 Å². The van der Waals surface area contributed by atoms with Crippen molar-refractivity contribution in [2.24, 2.45) is 0 Å². The van der Waals surface area contributed by atoms with E-state index in [1.807, 2.05) is 6.07 Å². The number of aryl methyl sites for hydroxylation is 1. The molecule has 2 aromatic rings. The SMILES string of the molecule is Cc1ccoc1C(=O)NCc1ccccc1CS(=O)(=O)NC(C)C. The average molecular weight is 350 g/mol. The first-order valence-corrected chi connectivity index (χ1v) is 9.33. The van der Waals surface area contributed by atoms with Crippen molar-refractivity contribution in [2.75, 3.05) is 0 Å². The average Bonchev–Trinajstić information content (AvgIpc) is 2.90. The molecule has 0 bridgehead atoms. The van der Waals surface area contributed by atoms with Crippen LogP contribution in [0.4, 0.5) is 0 Å². The molecule has 0 saturated heterocycles. The van der Waals surface area contributed by atoms with Crippen LogP contribution < -0.4 is 10.0 Å². The number of furan rings is 1. The summed E-state index contributed by atoms with van der Waals surface area (Å²) in [6.07, 6.45) is 1.46. The van der Waals surface area contributed by atoms with E-state index in [9.17, 15) is 13.2 Å². The van der Waals surface area contributed by atoms with Crippen molar-refractivity contribution in [3.8, 4) is 0 Å². The Morgan fingerprint density at radius 3 is 2.42 bits per heavy atom. The summed E-state index contributed by atoms with van der Waals surface area (Å²) in [6.45, 7) is 5.56. The van der Waals surface area contributed by atoms with Gasteiger partial charge in [0.25, 0.3) is 5.91 Å². The first-order valence-electron chi connectivity index (χ1n) is 7.67. The van der Waals surface area contributed by atoms with Gasteiger partial charge in [-0.25, -0.2) is 13.1 Å². The maximum absolute atomic E-state index is 12.1. The molecule has 1 heterocycles. The molecule has 2 N–H and O–H groups in total. The zero-order valence-corrected chi connectivity index (χ0v) is 14.8. The predicted octanol–water partition coefficient (Wildman–Crippen LogP) is 2.35. The molecule has 1 amide bonds. The fourth-order valence-corrected chi connectivity index (χ4v) is 3.83. The van der Waals surface area contributed by atoms with Crippen LogP contribution in [0.3, 0.4) is 0 Å². The number of nitrogens with one attached hydrogen (secondary N) is 2. The summed E-state index contributed by atoms with van der Waals surface area (Å²) in [5.74, 6) is -0.186. The van der Waals surface area contributed by atoms with Crippen molar-refractivity contribution < 1.29 is 17.6 Å². The quantitative estimate of drug-likeness (QED) is 0.802. The van der Waals surface area contributed by atoms with Gasteiger partial charge in [-0.1, -0.05) is 24.3 Å². The van der Waals surface area contributed by atoms with Crippen LogP contribution in [0, 0.1) is 6.92 Å². The van der Waals surface area contributed by atoms with Crippen LogP contribution in [-0.4, -0.2) is 20.4 Å². The fraction of sp³-hybridized carbons (Fsp3) is 0.353. The Hall–Kier alpha value is -2.12. The molecular formula is C17H22N2O4S. The van der Waals surface area contributed by atoms with E-state index in [2.05, 4.69) is 10.0 Å². The van der Waals surface area contributed by atoms with Crippen molar-refractivity contribution in [3.05, 3.63) is 59.0 Å². The molecular weight excluding hydrogens is 328 g/mol. The van der Waals surface area contributed by atoms with Gasteiger partial charge in [-0.2, -0.15) is 0 Å². The molecule has 1 aromatic heterocycles. The lowest BCUT2D eigenvalue weighted by Crippen LogP contribution is -2.32. The maximum Gasteiger partial charge on any atom is 0.287 e. The molecule has 0 unspecified atom stereocenters. The predicted molar refractivity (Wildman–Crippen MR) is 92.0 cm³/mol. The first-order chi connectivity index (χ1) is 11.3. The van der Waals surface area contributed by atoms with Gasteiger partial charge in [-0.15, -0.1) is 0 Å². The number of benzene rings is 1. The minimum Gasteiger partial charge on any atom is -0.459 e. The lowest BCUT2D eigenvalue weighted by Gasteiger charge is -2.13. The summed E-state index contributed by atoms with van der Waals surface area (Å²) in [7, 11) is -3.43. The zero-order chi connectivity index (χ0) is 17.7. The number of hydrogen-bond donors (Lipinski definition) is 2. The number of amides is 1. The first kappa shape index (κ1) is 18.2. The molecule has 0 saturated carbocycles. The molecule has 24 heavy (non-hydrogen) atoms. The van der Waals surface area contributed by atoms with E-state index in [1.54, 1.807) is 45.0 Å². The van der Waals surface area contributed by atoms with Gasteiger partial charge in [0.2, 0.25) is 10.0 Å². The van der Waals surface area contributed by atoms with E-state index in [4.69, 9.17) is 4.42 Å². The number of sulfonamides is 1. The molecule has 7 heteroatoms. The van der Waals surface area contributed by atoms with Gasteiger partial charge in [0.15, 0.2) is 5.76 Å². The van der Waals surface area contributed by atoms with Gasteiger partial charge in [0.05, 0.1) is 12.0 Å². The maximum atomic E-state index is 12.1. The number of carbonyl (C=O) groups excluding carboxylic acids is 1. The van der Waals surface area contributed by atoms with E-state index in [-0.39, 0.29) is 30.0 Å². The van der Waals surface area contributed by atoms with Gasteiger partial charge < -0.3 is 9.73 Å². The topological polar surface area (TPSA) is 88.4 Å². The Morgan fingerprint density at radius 2 is 1.83 bits per heavy atom. The second kappa shape index (κ2) is 7.63. The third-order valence-corrected chi connectivity index (χ3v) is 4.91. The van der Waals surface area contributed by atoms with E-state index < -0.39 is 10.0 Å². The Bertz CT molecular complexity index is 810. The smallest absolute Gasteiger partial charge is 0.287 e. The van der Waals surface area contributed by atoms with Crippen LogP contribution in [0.15, 0.2) is 41.0 Å². The van der Waals surface area contributed by atoms with Gasteiger partial charge in [-0.3, -0.25) is 4.79 Å². The molecule has 2 rings (SSSR count). The Morgan fingerprint density at radius 1 is 1.17 bits per heavy atom. The van der Waals surface area contributed by atoms with Gasteiger partial charge in [-0.05, 0) is 38.0 Å². The highest BCUT2D eigenvalue weighted by Gasteiger charge is 2.17. The van der Waals surface area contributed by atoms with E-state index in [0.29, 0.717) is 5.56 Å². The molecule has 6 nitrogen and oxygen atoms in total. The van der Waals surface area contributed by atoms with Crippen molar-refractivity contribution in [1.82, 2.24) is 10.0 Å². The van der Waals surface area contributed by atoms with E-state index in [1.165, 1.54) is 6.26 Å². The molecule has 0 fully saturated rings. The van der Waals surface area contributed by atoms with Gasteiger partial charge in [0.1, 0.15) is 0 Å². The fourth-order valence-electron chi connectivity index (χ4n) is 2.34. The third-order valence-electron chi connectivity index (χ3n) is 3.39. The summed E-state index contributed by atoms with van der Waals surface area (Å²) in [5.41, 5.74) is 2.16. The summed E-state index contributed by atoms with van der Waals surface area (Å²) >= 11 is 0. The molecule has 130 valence electrons. The van der Waals surface area contributed by atoms with Crippen LogP contribution in [0.25, 0.3) is 0 Å². The van der Waals surface area contributed by atoms with Gasteiger partial charge in [0, 0.05) is 18.2 Å². The van der Waals surface area contributed by atoms with Crippen molar-refractivity contribution in [3.63, 3.8) is 0 Å². The molecule has 0 radical (unpaired) electrons. The molecule has 0 aliphatic carbocycles. The minimum absolute atomic E-state index is 0.128. The van der Waals surface area contributed by atoms with E-state index >= 15 is 0 Å². The normalized spacial score (nSPS) is 11.7. The highest BCUT2D eigenvalue weighted by molar-refractivity contribution is 7.88. The van der Waals surface area contributed by atoms with Crippen LogP contribution in [0.1, 0.15) is 41.1 Å². The molecule has 0 spiro atoms. The second-order valence-corrected chi connectivity index (χ2v) is 7.67. The number of rotatable bonds is 7. The Kier molecular flexibility index (Phi) is 5.80. The highest BCUT2D eigenvalue weighted by Crippen LogP contribution is 2.14. The number of carbonyl (C=O) groups is 1. The second-order valence-electron chi connectivity index (χ2n) is 5.92. The van der Waals surface area contributed by atoms with Crippen molar-refractivity contribution >= 4 is 15.9 Å². The number of hydrogen-bond acceptors (Lipinski definition) is 4. The zero-order valence-electron chi connectivity index (χ0n) is 14.0. The Balaban J connectivity index is 2.09. The van der Waals surface area contributed by atoms with Crippen molar-refractivity contribution in [2.45, 2.75) is 39.1 Å². The van der Waals surface area contributed by atoms with Crippen molar-refractivity contribution in [1.29, 1.82) is 0 Å². The standard InChI is InChI=1S/C17H22N2O4S/c1-12(2)19-24(21,22)11-15-7-5-4-6-14(15)10-18-17(20)16-13(3)8-9-23-16/h4-9,12,19H,10-11H2,1-3H3,(H,18,20). The van der Waals surface area contributed by atoms with E-state index in [0.717, 1.165) is 11.1 Å². The lowest BCUT2D eigenvalue weighted by molar-refractivity contribution is 0.0922. The molecule has 0 aliphatic rings. The highest BCUT2D eigenvalue weighted by atomic mass is 32.2. The van der Waals surface area contributed by atoms with Crippen LogP contribution in [0.2, 0.25) is 0 Å². The third kappa shape index (κ3) is 4.94. The lowest BCUT2D eigenvalue weighted by atomic mass is 10.1. The molecule has 1 aromatic carbocycles. The molecule has 0 atom stereocenters.